The Morgan fingerprint density at radius 2 is 1.87 bits per heavy atom. The number of nitrogens with one attached hydrogen (secondary N) is 1. The zero-order valence-electron chi connectivity index (χ0n) is 18.9. The molecule has 0 saturated carbocycles. The molecule has 0 aliphatic carbocycles. The molecule has 7 nitrogen and oxygen atoms in total. The molecule has 1 unspecified atom stereocenters. The number of nitrogens with two attached hydrogens (primary N) is 1. The molecule has 2 aliphatic rings. The van der Waals surface area contributed by atoms with Crippen LogP contribution in [0.25, 0.3) is 10.9 Å². The van der Waals surface area contributed by atoms with Crippen LogP contribution in [-0.2, 0) is 4.74 Å². The highest BCUT2D eigenvalue weighted by atomic mass is 16.5. The highest BCUT2D eigenvalue weighted by Crippen LogP contribution is 2.29. The summed E-state index contributed by atoms with van der Waals surface area (Å²) in [6, 6.07) is 9.30. The first-order chi connectivity index (χ1) is 14.9. The second kappa shape index (κ2) is 9.51. The summed E-state index contributed by atoms with van der Waals surface area (Å²) in [6.45, 7) is 7.34. The van der Waals surface area contributed by atoms with Crippen LogP contribution in [0.2, 0.25) is 0 Å². The van der Waals surface area contributed by atoms with Gasteiger partial charge in [0, 0.05) is 43.8 Å². The van der Waals surface area contributed by atoms with Crippen molar-refractivity contribution < 1.29 is 9.53 Å². The summed E-state index contributed by atoms with van der Waals surface area (Å²) < 4.78 is 5.53. The molecule has 1 aromatic heterocycles. The zero-order valence-corrected chi connectivity index (χ0v) is 18.9. The van der Waals surface area contributed by atoms with Crippen LogP contribution in [0, 0.1) is 6.92 Å². The van der Waals surface area contributed by atoms with Crippen LogP contribution in [0.15, 0.2) is 24.3 Å². The van der Waals surface area contributed by atoms with E-state index < -0.39 is 6.17 Å². The zero-order chi connectivity index (χ0) is 22.0. The lowest BCUT2D eigenvalue weighted by Crippen LogP contribution is -2.49. The Labute approximate surface area is 184 Å². The molecule has 0 bridgehead atoms. The number of aryl methyl sites for hydroxylation is 1. The fraction of sp³-hybridized carbons (Fsp3) is 0.583. The van der Waals surface area contributed by atoms with E-state index in [4.69, 9.17) is 15.5 Å². The third-order valence-electron chi connectivity index (χ3n) is 6.66. The first-order valence-corrected chi connectivity index (χ1v) is 11.4. The number of fused-ring (bicyclic) bond motifs is 1. The van der Waals surface area contributed by atoms with Crippen LogP contribution in [0.5, 0.6) is 0 Å². The molecule has 2 aromatic rings. The lowest BCUT2D eigenvalue weighted by atomic mass is 9.98. The van der Waals surface area contributed by atoms with Gasteiger partial charge in [0.2, 0.25) is 0 Å². The molecule has 2 aliphatic heterocycles. The highest BCUT2D eigenvalue weighted by molar-refractivity contribution is 6.02. The van der Waals surface area contributed by atoms with Crippen molar-refractivity contribution in [3.8, 4) is 0 Å². The average molecular weight is 426 g/mol. The summed E-state index contributed by atoms with van der Waals surface area (Å²) in [5.41, 5.74) is 8.51. The maximum absolute atomic E-state index is 12.9. The number of pyridine rings is 1. The number of aromatic nitrogens is 1. The number of anilines is 1. The molecule has 3 heterocycles. The second-order valence-corrected chi connectivity index (χ2v) is 9.05. The summed E-state index contributed by atoms with van der Waals surface area (Å²) in [5, 5.41) is 3.82. The van der Waals surface area contributed by atoms with Crippen molar-refractivity contribution in [1.82, 2.24) is 15.2 Å². The van der Waals surface area contributed by atoms with E-state index in [2.05, 4.69) is 41.2 Å². The number of benzene rings is 1. The molecule has 4 rings (SSSR count). The van der Waals surface area contributed by atoms with E-state index in [1.165, 1.54) is 0 Å². The van der Waals surface area contributed by atoms with Crippen LogP contribution in [-0.4, -0.2) is 67.4 Å². The molecular weight excluding hydrogens is 390 g/mol. The quantitative estimate of drug-likeness (QED) is 0.717. The van der Waals surface area contributed by atoms with Crippen molar-refractivity contribution in [2.75, 3.05) is 38.3 Å². The van der Waals surface area contributed by atoms with Gasteiger partial charge in [0.05, 0.1) is 17.2 Å². The van der Waals surface area contributed by atoms with Gasteiger partial charge in [0.15, 0.2) is 0 Å². The molecule has 0 radical (unpaired) electrons. The fourth-order valence-corrected chi connectivity index (χ4v) is 4.85. The summed E-state index contributed by atoms with van der Waals surface area (Å²) in [6.07, 6.45) is 3.95. The highest BCUT2D eigenvalue weighted by Gasteiger charge is 2.30. The third kappa shape index (κ3) is 5.00. The van der Waals surface area contributed by atoms with Gasteiger partial charge in [0.1, 0.15) is 5.82 Å². The standard InChI is InChI=1S/C24H35N5O2/c1-16-4-5-22-18(14-16)15-21(24(30)26-17(2)25)23(27-22)29-10-6-19(7-11-29)28(3)20-8-12-31-13-9-20/h4-5,14-15,17,19-20H,6-13,25H2,1-3H3,(H,26,30). The molecular formula is C24H35N5O2. The van der Waals surface area contributed by atoms with E-state index in [1.807, 2.05) is 12.1 Å². The molecule has 1 aromatic carbocycles. The molecule has 3 N–H and O–H groups in total. The topological polar surface area (TPSA) is 83.7 Å². The number of hydrogen-bond donors (Lipinski definition) is 2. The summed E-state index contributed by atoms with van der Waals surface area (Å²) >= 11 is 0. The summed E-state index contributed by atoms with van der Waals surface area (Å²) in [5.74, 6) is 0.601. The molecule has 0 spiro atoms. The number of hydrogen-bond acceptors (Lipinski definition) is 6. The van der Waals surface area contributed by atoms with Crippen molar-refractivity contribution in [3.63, 3.8) is 0 Å². The predicted molar refractivity (Wildman–Crippen MR) is 124 cm³/mol. The molecule has 168 valence electrons. The Morgan fingerprint density at radius 1 is 1.19 bits per heavy atom. The SMILES string of the molecule is Cc1ccc2nc(N3CCC(N(C)C4CCOCC4)CC3)c(C(=O)NC(C)N)cc2c1. The third-order valence-corrected chi connectivity index (χ3v) is 6.66. The number of piperidine rings is 1. The van der Waals surface area contributed by atoms with Crippen LogP contribution >= 0.6 is 0 Å². The Balaban J connectivity index is 1.55. The van der Waals surface area contributed by atoms with E-state index in [0.29, 0.717) is 17.6 Å². The van der Waals surface area contributed by atoms with Gasteiger partial charge in [-0.3, -0.25) is 4.79 Å². The van der Waals surface area contributed by atoms with Gasteiger partial charge in [0.25, 0.3) is 5.91 Å². The largest absolute Gasteiger partial charge is 0.381 e. The molecule has 7 heteroatoms. The van der Waals surface area contributed by atoms with Gasteiger partial charge in [-0.2, -0.15) is 0 Å². The number of ether oxygens (including phenoxy) is 1. The second-order valence-electron chi connectivity index (χ2n) is 9.05. The van der Waals surface area contributed by atoms with E-state index in [9.17, 15) is 4.79 Å². The number of amides is 1. The van der Waals surface area contributed by atoms with E-state index in [-0.39, 0.29) is 5.91 Å². The minimum absolute atomic E-state index is 0.164. The van der Waals surface area contributed by atoms with E-state index >= 15 is 0 Å². The Morgan fingerprint density at radius 3 is 2.55 bits per heavy atom. The van der Waals surface area contributed by atoms with Crippen LogP contribution in [0.3, 0.4) is 0 Å². The van der Waals surface area contributed by atoms with Crippen LogP contribution in [0.1, 0.15) is 48.5 Å². The Kier molecular flexibility index (Phi) is 6.74. The average Bonchev–Trinajstić information content (AvgIpc) is 2.78. The fourth-order valence-electron chi connectivity index (χ4n) is 4.85. The first-order valence-electron chi connectivity index (χ1n) is 11.4. The first kappa shape index (κ1) is 22.0. The molecule has 31 heavy (non-hydrogen) atoms. The minimum atomic E-state index is -0.410. The van der Waals surface area contributed by atoms with Gasteiger partial charge >= 0.3 is 0 Å². The van der Waals surface area contributed by atoms with Crippen molar-refractivity contribution in [1.29, 1.82) is 0 Å². The van der Waals surface area contributed by atoms with Gasteiger partial charge in [-0.15, -0.1) is 0 Å². The lowest BCUT2D eigenvalue weighted by Gasteiger charge is -2.42. The summed E-state index contributed by atoms with van der Waals surface area (Å²) in [4.78, 5) is 22.7. The normalized spacial score (nSPS) is 19.7. The maximum atomic E-state index is 12.9. The number of nitrogens with zero attached hydrogens (tertiary/aromatic N) is 3. The monoisotopic (exact) mass is 425 g/mol. The maximum Gasteiger partial charge on any atom is 0.256 e. The van der Waals surface area contributed by atoms with Gasteiger partial charge in [-0.25, -0.2) is 4.98 Å². The van der Waals surface area contributed by atoms with Gasteiger partial charge in [-0.05, 0) is 64.8 Å². The summed E-state index contributed by atoms with van der Waals surface area (Å²) in [7, 11) is 2.26. The molecule has 2 fully saturated rings. The van der Waals surface area contributed by atoms with Crippen LogP contribution in [0.4, 0.5) is 5.82 Å². The number of carbonyl (C=O) groups is 1. The predicted octanol–water partition coefficient (Wildman–Crippen LogP) is 2.66. The van der Waals surface area contributed by atoms with Gasteiger partial charge < -0.3 is 25.6 Å². The molecule has 2 saturated heterocycles. The Bertz CT molecular complexity index is 918. The lowest BCUT2D eigenvalue weighted by molar-refractivity contribution is 0.0244. The number of carbonyl (C=O) groups excluding carboxylic acids is 1. The Hall–Kier alpha value is -2.22. The van der Waals surface area contributed by atoms with Crippen molar-refractivity contribution >= 4 is 22.6 Å². The van der Waals surface area contributed by atoms with Crippen molar-refractivity contribution in [2.24, 2.45) is 5.73 Å². The van der Waals surface area contributed by atoms with Crippen molar-refractivity contribution in [2.45, 2.75) is 57.8 Å². The molecule has 1 amide bonds. The minimum Gasteiger partial charge on any atom is -0.381 e. The molecule has 1 atom stereocenters. The van der Waals surface area contributed by atoms with Crippen molar-refractivity contribution in [3.05, 3.63) is 35.4 Å². The van der Waals surface area contributed by atoms with Gasteiger partial charge in [-0.1, -0.05) is 11.6 Å². The van der Waals surface area contributed by atoms with E-state index in [0.717, 1.165) is 74.3 Å². The smallest absolute Gasteiger partial charge is 0.256 e. The number of rotatable bonds is 5. The van der Waals surface area contributed by atoms with Crippen LogP contribution < -0.4 is 16.0 Å². The van der Waals surface area contributed by atoms with E-state index in [1.54, 1.807) is 6.92 Å².